The number of hydrogen-bond acceptors (Lipinski definition) is 16. The fourth-order valence-corrected chi connectivity index (χ4v) is 4.49. The van der Waals surface area contributed by atoms with Crippen molar-refractivity contribution in [1.29, 1.82) is 0 Å². The molecule has 17 heteroatoms. The second-order valence-corrected chi connectivity index (χ2v) is 10.8. The molecule has 0 heterocycles. The van der Waals surface area contributed by atoms with Crippen molar-refractivity contribution >= 4 is 64.5 Å². The van der Waals surface area contributed by atoms with Crippen LogP contribution in [-0.2, 0) is 51.2 Å². The van der Waals surface area contributed by atoms with Crippen molar-refractivity contribution in [3.63, 3.8) is 0 Å². The van der Waals surface area contributed by atoms with Crippen LogP contribution >= 0.6 is 0 Å². The third kappa shape index (κ3) is 10.7. The molecule has 3 aromatic rings. The predicted molar refractivity (Wildman–Crippen MR) is 180 cm³/mol. The number of carbonyl (C=O) groups excluding carboxylic acids is 8. The largest absolute Gasteiger partial charge is 0.465 e. The molecule has 0 saturated heterocycles. The number of benzene rings is 3. The molecule has 0 aliphatic carbocycles. The average molecular weight is 716 g/mol. The van der Waals surface area contributed by atoms with Gasteiger partial charge in [0.15, 0.2) is 29.2 Å². The molecule has 0 saturated carbocycles. The summed E-state index contributed by atoms with van der Waals surface area (Å²) < 4.78 is 14.1. The maximum atomic E-state index is 13.1. The molecule has 0 aliphatic rings. The highest BCUT2D eigenvalue weighted by Crippen LogP contribution is 2.25. The fourth-order valence-electron chi connectivity index (χ4n) is 4.49. The number of amides is 1. The zero-order valence-electron chi connectivity index (χ0n) is 28.4. The minimum Gasteiger partial charge on any atom is -0.465 e. The maximum Gasteiger partial charge on any atom is 0.340 e. The van der Waals surface area contributed by atoms with E-state index >= 15 is 0 Å². The lowest BCUT2D eigenvalue weighted by Gasteiger charge is -2.11. The van der Waals surface area contributed by atoms with Crippen LogP contribution in [0.15, 0.2) is 81.1 Å². The number of methoxy groups -OCH3 is 2. The Kier molecular flexibility index (Phi) is 14.5. The summed E-state index contributed by atoms with van der Waals surface area (Å²) in [6, 6.07) is 10.6. The van der Waals surface area contributed by atoms with Gasteiger partial charge in [0.05, 0.1) is 31.0 Å². The van der Waals surface area contributed by atoms with Crippen molar-refractivity contribution in [2.75, 3.05) is 26.1 Å². The van der Waals surface area contributed by atoms with Crippen LogP contribution in [0.1, 0.15) is 56.0 Å². The van der Waals surface area contributed by atoms with Crippen molar-refractivity contribution in [3.8, 4) is 0 Å². The minimum atomic E-state index is -1.62. The van der Waals surface area contributed by atoms with Gasteiger partial charge in [0.1, 0.15) is 18.9 Å². The minimum absolute atomic E-state index is 0.0157. The number of nitrogens with zero attached hydrogens (tertiary/aromatic N) is 4. The van der Waals surface area contributed by atoms with Crippen molar-refractivity contribution in [2.45, 2.75) is 39.0 Å². The molecule has 0 bridgehead atoms. The molecule has 0 spiro atoms. The molecular weight excluding hydrogens is 682 g/mol. The van der Waals surface area contributed by atoms with E-state index in [1.165, 1.54) is 60.7 Å². The summed E-state index contributed by atoms with van der Waals surface area (Å²) >= 11 is 0. The van der Waals surface area contributed by atoms with E-state index in [1.807, 2.05) is 0 Å². The SMILES string of the molecule is COC(=O)c1ccc(C(=O)CO)c(N=NC(C(C)=O)C(=O)Cc2ccc(NC(=O)C(N=Nc3cc(COC=O)ccc3C(=O)OC)C(C)=O)cc2)c1. The van der Waals surface area contributed by atoms with E-state index in [0.717, 1.165) is 28.1 Å². The first kappa shape index (κ1) is 39.8. The number of hydrogen-bond donors (Lipinski definition) is 2. The topological polar surface area (TPSA) is 246 Å². The van der Waals surface area contributed by atoms with Gasteiger partial charge in [-0.05, 0) is 67.4 Å². The van der Waals surface area contributed by atoms with Crippen LogP contribution in [0.3, 0.4) is 0 Å². The normalized spacial score (nSPS) is 12.1. The Hall–Kier alpha value is -6.62. The Bertz CT molecular complexity index is 1940. The number of ether oxygens (including phenoxy) is 3. The number of carbonyl (C=O) groups is 8. The highest BCUT2D eigenvalue weighted by Gasteiger charge is 2.26. The van der Waals surface area contributed by atoms with Gasteiger partial charge in [-0.1, -0.05) is 18.2 Å². The van der Waals surface area contributed by atoms with Crippen LogP contribution in [0.25, 0.3) is 0 Å². The Morgan fingerprint density at radius 1 is 0.750 bits per heavy atom. The summed E-state index contributed by atoms with van der Waals surface area (Å²) in [4.78, 5) is 97.8. The molecule has 2 N–H and O–H groups in total. The van der Waals surface area contributed by atoms with E-state index in [0.29, 0.717) is 11.1 Å². The van der Waals surface area contributed by atoms with Gasteiger partial charge >= 0.3 is 11.9 Å². The predicted octanol–water partition coefficient (Wildman–Crippen LogP) is 3.64. The Labute approximate surface area is 296 Å². The number of aliphatic hydroxyl groups excluding tert-OH is 1. The van der Waals surface area contributed by atoms with Crippen molar-refractivity contribution in [1.82, 2.24) is 0 Å². The molecule has 270 valence electrons. The quantitative estimate of drug-likeness (QED) is 0.0479. The second-order valence-electron chi connectivity index (χ2n) is 10.8. The average Bonchev–Trinajstić information content (AvgIpc) is 3.13. The lowest BCUT2D eigenvalue weighted by atomic mass is 10.0. The number of azo groups is 2. The van der Waals surface area contributed by atoms with Crippen LogP contribution in [-0.4, -0.2) is 85.5 Å². The van der Waals surface area contributed by atoms with Gasteiger partial charge in [0.2, 0.25) is 6.04 Å². The molecule has 3 rings (SSSR count). The number of esters is 2. The second kappa shape index (κ2) is 19.0. The Morgan fingerprint density at radius 2 is 1.33 bits per heavy atom. The Morgan fingerprint density at radius 3 is 1.90 bits per heavy atom. The number of aliphatic hydroxyl groups is 1. The summed E-state index contributed by atoms with van der Waals surface area (Å²) in [5, 5.41) is 27.4. The molecule has 2 unspecified atom stereocenters. The smallest absolute Gasteiger partial charge is 0.340 e. The Balaban J connectivity index is 1.76. The molecule has 3 aromatic carbocycles. The van der Waals surface area contributed by atoms with Crippen LogP contribution in [0.2, 0.25) is 0 Å². The molecule has 0 aliphatic heterocycles. The van der Waals surface area contributed by atoms with Crippen LogP contribution in [0.5, 0.6) is 0 Å². The van der Waals surface area contributed by atoms with E-state index in [1.54, 1.807) is 0 Å². The summed E-state index contributed by atoms with van der Waals surface area (Å²) in [7, 11) is 2.31. The van der Waals surface area contributed by atoms with Gasteiger partial charge in [-0.3, -0.25) is 28.8 Å². The zero-order chi connectivity index (χ0) is 38.4. The molecule has 0 aromatic heterocycles. The number of rotatable bonds is 18. The summed E-state index contributed by atoms with van der Waals surface area (Å²) in [6.45, 7) is 1.49. The lowest BCUT2D eigenvalue weighted by molar-refractivity contribution is -0.130. The molecule has 2 atom stereocenters. The van der Waals surface area contributed by atoms with E-state index < -0.39 is 59.7 Å². The third-order valence-electron chi connectivity index (χ3n) is 7.13. The first-order valence-electron chi connectivity index (χ1n) is 15.2. The number of Topliss-reactive ketones (excluding diaryl/α,β-unsaturated/α-hetero) is 4. The lowest BCUT2D eigenvalue weighted by Crippen LogP contribution is -2.31. The summed E-state index contributed by atoms with van der Waals surface area (Å²) in [5.41, 5.74) is 0.795. The standard InChI is InChI=1S/C35H33N5O12/c1-19(43)31(39-38-28-15-23(34(48)50-3)8-12-25(28)30(46)16-41)29(45)14-21-5-9-24(10-6-21)36-33(47)32(20(2)44)40-37-27-13-22(17-52-18-42)7-11-26(27)35(49)51-4/h5-13,15,18,31-32,41H,14,16-17H2,1-4H3,(H,36,47). The van der Waals surface area contributed by atoms with Crippen molar-refractivity contribution in [3.05, 3.63) is 88.5 Å². The van der Waals surface area contributed by atoms with E-state index in [-0.39, 0.29) is 53.3 Å². The number of nitrogens with one attached hydrogen (secondary N) is 1. The monoisotopic (exact) mass is 715 g/mol. The van der Waals surface area contributed by atoms with Crippen molar-refractivity contribution in [2.24, 2.45) is 20.5 Å². The van der Waals surface area contributed by atoms with Gasteiger partial charge in [-0.25, -0.2) is 9.59 Å². The van der Waals surface area contributed by atoms with E-state index in [2.05, 4.69) is 30.5 Å². The first-order valence-corrected chi connectivity index (χ1v) is 15.2. The van der Waals surface area contributed by atoms with Gasteiger partial charge < -0.3 is 24.6 Å². The van der Waals surface area contributed by atoms with Gasteiger partial charge in [-0.2, -0.15) is 20.5 Å². The zero-order valence-corrected chi connectivity index (χ0v) is 28.4. The van der Waals surface area contributed by atoms with Gasteiger partial charge in [0, 0.05) is 17.7 Å². The molecule has 0 fully saturated rings. The first-order chi connectivity index (χ1) is 24.8. The highest BCUT2D eigenvalue weighted by molar-refractivity contribution is 6.10. The van der Waals surface area contributed by atoms with Crippen LogP contribution in [0.4, 0.5) is 17.1 Å². The van der Waals surface area contributed by atoms with E-state index in [9.17, 15) is 43.5 Å². The maximum absolute atomic E-state index is 13.1. The van der Waals surface area contributed by atoms with Gasteiger partial charge in [0.25, 0.3) is 12.4 Å². The summed E-state index contributed by atoms with van der Waals surface area (Å²) in [6.07, 6.45) is -0.286. The molecule has 1 amide bonds. The number of anilines is 1. The van der Waals surface area contributed by atoms with Crippen molar-refractivity contribution < 1.29 is 57.7 Å². The van der Waals surface area contributed by atoms with Crippen LogP contribution in [0, 0.1) is 0 Å². The van der Waals surface area contributed by atoms with E-state index in [4.69, 9.17) is 9.47 Å². The number of ketones is 4. The molecular formula is C35H33N5O12. The van der Waals surface area contributed by atoms with Crippen LogP contribution < -0.4 is 5.32 Å². The third-order valence-corrected chi connectivity index (χ3v) is 7.13. The molecule has 0 radical (unpaired) electrons. The highest BCUT2D eigenvalue weighted by atomic mass is 16.5. The molecule has 17 nitrogen and oxygen atoms in total. The molecule has 52 heavy (non-hydrogen) atoms. The summed E-state index contributed by atoms with van der Waals surface area (Å²) in [5.74, 6) is -5.06. The fraction of sp³-hybridized carbons (Fsp3) is 0.257. The van der Waals surface area contributed by atoms with Gasteiger partial charge in [-0.15, -0.1) is 0 Å².